The van der Waals surface area contributed by atoms with Gasteiger partial charge in [0.05, 0.1) is 41.0 Å². The number of aromatic amines is 1. The van der Waals surface area contributed by atoms with E-state index in [0.29, 0.717) is 43.7 Å². The second-order valence-corrected chi connectivity index (χ2v) is 18.1. The number of hydrogen-bond donors (Lipinski definition) is 2. The molecule has 1 spiro atoms. The third kappa shape index (κ3) is 5.38. The van der Waals surface area contributed by atoms with Gasteiger partial charge in [0, 0.05) is 82.8 Å². The Morgan fingerprint density at radius 2 is 1.76 bits per heavy atom. The van der Waals surface area contributed by atoms with Crippen molar-refractivity contribution in [3.63, 3.8) is 0 Å². The van der Waals surface area contributed by atoms with Crippen LogP contribution in [0.1, 0.15) is 68.8 Å². The summed E-state index contributed by atoms with van der Waals surface area (Å²) in [6.07, 6.45) is 7.73. The van der Waals surface area contributed by atoms with Gasteiger partial charge in [0.1, 0.15) is 24.3 Å². The van der Waals surface area contributed by atoms with Crippen LogP contribution in [0.4, 0.5) is 5.69 Å². The molecule has 6 heterocycles. The van der Waals surface area contributed by atoms with Crippen LogP contribution in [0.15, 0.2) is 60.2 Å². The Hall–Kier alpha value is -3.92. The summed E-state index contributed by atoms with van der Waals surface area (Å²) in [6.45, 7) is 9.43. The highest BCUT2D eigenvalue weighted by Gasteiger charge is 2.80. The summed E-state index contributed by atoms with van der Waals surface area (Å²) in [5, 5.41) is 14.4. The number of carbonyl (C=O) groups excluding carboxylic acids is 3. The summed E-state index contributed by atoms with van der Waals surface area (Å²) in [7, 11) is 8.57. The number of halogens is 1. The summed E-state index contributed by atoms with van der Waals surface area (Å²) in [4.78, 5) is 50.8. The molecule has 2 aromatic carbocycles. The number of hydrogen-bond acceptors (Lipinski definition) is 10. The fraction of sp³-hybridized carbons (Fsp3) is 0.543. The van der Waals surface area contributed by atoms with Gasteiger partial charge in [-0.25, -0.2) is 4.79 Å². The van der Waals surface area contributed by atoms with Crippen molar-refractivity contribution in [2.24, 2.45) is 11.3 Å². The lowest BCUT2D eigenvalue weighted by Gasteiger charge is -2.63. The number of carbonyl (C=O) groups is 3. The van der Waals surface area contributed by atoms with Crippen LogP contribution in [-0.4, -0.2) is 123 Å². The molecule has 1 aliphatic carbocycles. The van der Waals surface area contributed by atoms with E-state index in [0.717, 1.165) is 63.9 Å². The van der Waals surface area contributed by atoms with Gasteiger partial charge in [-0.3, -0.25) is 14.5 Å². The number of esters is 3. The summed E-state index contributed by atoms with van der Waals surface area (Å²) >= 11 is 0. The molecular weight excluding hydrogens is 863 g/mol. The highest BCUT2D eigenvalue weighted by molar-refractivity contribution is 5.95. The van der Waals surface area contributed by atoms with Crippen LogP contribution in [0.3, 0.4) is 0 Å². The van der Waals surface area contributed by atoms with Crippen molar-refractivity contribution in [2.75, 3.05) is 66.5 Å². The topological polar surface area (TPSA) is 131 Å². The van der Waals surface area contributed by atoms with Crippen LogP contribution in [0.2, 0.25) is 0 Å². The summed E-state index contributed by atoms with van der Waals surface area (Å²) in [5.41, 5.74) is 1.16. The molecule has 3 aromatic rings. The summed E-state index contributed by atoms with van der Waals surface area (Å²) in [6, 6.07) is 11.2. The zero-order valence-corrected chi connectivity index (χ0v) is 37.6. The molecule has 0 unspecified atom stereocenters. The maximum atomic E-state index is 15.3. The van der Waals surface area contributed by atoms with E-state index in [1.54, 1.807) is 7.11 Å². The fourth-order valence-corrected chi connectivity index (χ4v) is 13.4. The maximum absolute atomic E-state index is 15.3. The first-order valence-corrected chi connectivity index (χ1v) is 20.8. The molecule has 59 heavy (non-hydrogen) atoms. The van der Waals surface area contributed by atoms with Gasteiger partial charge in [0.2, 0.25) is 5.60 Å². The monoisotopic (exact) mass is 920 g/mol. The molecule has 0 radical (unpaired) electrons. The second kappa shape index (κ2) is 14.3. The predicted octanol–water partition coefficient (Wildman–Crippen LogP) is 1.90. The van der Waals surface area contributed by atoms with Gasteiger partial charge in [-0.1, -0.05) is 50.3 Å². The number of likely N-dealkylation sites (N-methyl/N-ethyl adjacent to an activating group) is 2. The highest BCUT2D eigenvalue weighted by atomic mass is 127. The van der Waals surface area contributed by atoms with Crippen molar-refractivity contribution in [1.29, 1.82) is 0 Å². The number of para-hydroxylation sites is 1. The number of aromatic nitrogens is 1. The summed E-state index contributed by atoms with van der Waals surface area (Å²) < 4.78 is 24.8. The molecule has 9 atom stereocenters. The van der Waals surface area contributed by atoms with Crippen molar-refractivity contribution >= 4 is 34.5 Å². The minimum atomic E-state index is -2.28. The minimum Gasteiger partial charge on any atom is -1.00 e. The molecular formula is C46H57IN4O8. The first-order valence-electron chi connectivity index (χ1n) is 20.8. The second-order valence-electron chi connectivity index (χ2n) is 18.1. The van der Waals surface area contributed by atoms with E-state index in [-0.39, 0.29) is 41.9 Å². The van der Waals surface area contributed by atoms with Gasteiger partial charge in [0.15, 0.2) is 6.10 Å². The van der Waals surface area contributed by atoms with E-state index in [1.807, 2.05) is 31.0 Å². The molecule has 1 saturated carbocycles. The maximum Gasteiger partial charge on any atom is 0.344 e. The number of fused-ring (bicyclic) bond motifs is 6. The first-order chi connectivity index (χ1) is 27.7. The van der Waals surface area contributed by atoms with E-state index in [9.17, 15) is 14.7 Å². The van der Waals surface area contributed by atoms with Crippen molar-refractivity contribution in [3.05, 3.63) is 82.6 Å². The molecule has 1 aromatic heterocycles. The van der Waals surface area contributed by atoms with Crippen LogP contribution in [0.5, 0.6) is 5.75 Å². The van der Waals surface area contributed by atoms with Crippen LogP contribution in [-0.2, 0) is 46.0 Å². The molecule has 12 nitrogen and oxygen atoms in total. The average molecular weight is 921 g/mol. The van der Waals surface area contributed by atoms with Crippen molar-refractivity contribution in [2.45, 2.75) is 87.6 Å². The Kier molecular flexibility index (Phi) is 10.2. The molecule has 2 fully saturated rings. The Morgan fingerprint density at radius 3 is 2.44 bits per heavy atom. The third-order valence-corrected chi connectivity index (χ3v) is 15.3. The number of quaternary nitrogens is 1. The standard InChI is InChI=1S/C46H57N4O8.HI/c1-9-28-20-29-23-45(41(52)56-7,37-31(26-50(5,24-28)25-29)30-14-11-12-15-34(30)47-37)33-21-32-35(22-36(33)55-6)48(4)39-44(32)17-19-49-18-13-16-43(10-2,38(44)49)40(58-27(3)51)46(39,54)42(53)57-8;/h11-16,20-22,29,38-40,47,54H,9-10,17-19,23-26H2,1-8H3;1H/q+1;/p-1/t29-,38-,39+,40+,43+,44+,45-,46-,50-;/m0./s1. The van der Waals surface area contributed by atoms with Gasteiger partial charge >= 0.3 is 17.9 Å². The number of benzene rings is 2. The van der Waals surface area contributed by atoms with E-state index >= 15 is 4.79 Å². The third-order valence-electron chi connectivity index (χ3n) is 15.3. The van der Waals surface area contributed by atoms with Gasteiger partial charge in [-0.15, -0.1) is 0 Å². The minimum absolute atomic E-state index is 0. The Balaban J connectivity index is 0.00000484. The molecule has 1 saturated heterocycles. The predicted molar refractivity (Wildman–Crippen MR) is 218 cm³/mol. The van der Waals surface area contributed by atoms with E-state index in [1.165, 1.54) is 26.7 Å². The number of H-pyrrole nitrogens is 1. The zero-order chi connectivity index (χ0) is 41.2. The largest absolute Gasteiger partial charge is 1.00 e. The average Bonchev–Trinajstić information content (AvgIpc) is 3.86. The number of rotatable bonds is 7. The normalized spacial score (nSPS) is 35.2. The number of aliphatic hydroxyl groups is 1. The Labute approximate surface area is 363 Å². The van der Waals surface area contributed by atoms with Crippen molar-refractivity contribution in [3.8, 4) is 5.75 Å². The molecule has 5 aliphatic heterocycles. The van der Waals surface area contributed by atoms with Crippen LogP contribution in [0, 0.1) is 11.3 Å². The molecule has 0 amide bonds. The molecule has 9 rings (SSSR count). The van der Waals surface area contributed by atoms with Crippen molar-refractivity contribution < 1.29 is 66.9 Å². The van der Waals surface area contributed by atoms with Crippen LogP contribution in [0.25, 0.3) is 10.9 Å². The molecule has 6 aliphatic rings. The highest BCUT2D eigenvalue weighted by Crippen LogP contribution is 2.68. The van der Waals surface area contributed by atoms with Gasteiger partial charge in [-0.2, -0.15) is 0 Å². The summed E-state index contributed by atoms with van der Waals surface area (Å²) in [5.74, 6) is -1.28. The van der Waals surface area contributed by atoms with E-state index in [4.69, 9.17) is 18.9 Å². The van der Waals surface area contributed by atoms with Gasteiger partial charge in [0.25, 0.3) is 0 Å². The number of nitrogens with zero attached hydrogens (tertiary/aromatic N) is 3. The number of ether oxygens (including phenoxy) is 4. The first kappa shape index (κ1) is 41.8. The molecule has 2 N–H and O–H groups in total. The Morgan fingerprint density at radius 1 is 1.02 bits per heavy atom. The lowest BCUT2D eigenvalue weighted by atomic mass is 9.47. The van der Waals surface area contributed by atoms with Gasteiger partial charge in [-0.05, 0) is 55.5 Å². The number of nitrogens with one attached hydrogen (secondary N) is 1. The van der Waals surface area contributed by atoms with E-state index < -0.39 is 45.9 Å². The number of methoxy groups -OCH3 is 3. The lowest BCUT2D eigenvalue weighted by molar-refractivity contribution is -0.922. The smallest absolute Gasteiger partial charge is 0.344 e. The number of anilines is 1. The van der Waals surface area contributed by atoms with Crippen molar-refractivity contribution in [1.82, 2.24) is 9.88 Å². The van der Waals surface area contributed by atoms with Crippen LogP contribution >= 0.6 is 0 Å². The van der Waals surface area contributed by atoms with E-state index in [2.05, 4.69) is 66.3 Å². The molecule has 2 bridgehead atoms. The molecule has 316 valence electrons. The quantitative estimate of drug-likeness (QED) is 0.119. The SMILES string of the molecule is CCC1=C[C@H]2C[C@](C(=O)OC)(c3cc4c(cc3OC)N(C)[C@H]3[C@@](O)(C(=O)OC)[C@H](OC(C)=O)[C@]5(CC)C=CCN6CC[C@]43[C@@H]65)c3[nH]c4ccccc4c3C[N@@+](C)(C1)C2.[I-]. The fourth-order valence-electron chi connectivity index (χ4n) is 13.4. The Bertz CT molecular complexity index is 2310. The lowest BCUT2D eigenvalue weighted by Crippen LogP contribution is -3.00. The van der Waals surface area contributed by atoms with Crippen LogP contribution < -0.4 is 33.6 Å². The van der Waals surface area contributed by atoms with Gasteiger partial charge < -0.3 is 62.4 Å². The zero-order valence-electron chi connectivity index (χ0n) is 35.4. The molecule has 13 heteroatoms.